The minimum absolute atomic E-state index is 0.792. The molecule has 6 nitrogen and oxygen atoms in total. The maximum absolute atomic E-state index is 5.02. The van der Waals surface area contributed by atoms with Gasteiger partial charge in [0.2, 0.25) is 0 Å². The van der Waals surface area contributed by atoms with Crippen molar-refractivity contribution in [2.24, 2.45) is 0 Å². The van der Waals surface area contributed by atoms with Crippen LogP contribution in [0.4, 0.5) is 68.2 Å². The maximum atomic E-state index is 5.02. The predicted octanol–water partition coefficient (Wildman–Crippen LogP) is 15.5. The molecule has 0 saturated heterocycles. The van der Waals surface area contributed by atoms with E-state index in [4.69, 9.17) is 9.97 Å². The van der Waals surface area contributed by atoms with Gasteiger partial charge < -0.3 is 19.6 Å². The molecule has 0 atom stereocenters. The van der Waals surface area contributed by atoms with E-state index in [0.29, 0.717) is 0 Å². The summed E-state index contributed by atoms with van der Waals surface area (Å²) in [5, 5.41) is 0. The third kappa shape index (κ3) is 7.60. The van der Waals surface area contributed by atoms with Crippen LogP contribution < -0.4 is 19.6 Å². The number of hydrogen-bond acceptors (Lipinski definition) is 6. The fourth-order valence-electron chi connectivity index (χ4n) is 8.10. The summed E-state index contributed by atoms with van der Waals surface area (Å²) < 4.78 is 0. The van der Waals surface area contributed by atoms with Gasteiger partial charge in [0.1, 0.15) is 11.0 Å². The standard InChI is InChI=1S/C56H42N6/c1-7-19-43(20-8-1)59(44-21-9-2-10-22-44)49-31-33-50(34-32-49)60(45-23-11-3-12-24-45)51-35-37-52(38-36-51)62(48-29-17-6-18-30-48)54-40-39-53(55-56(54)58-42-41-57-55)61(46-25-13-4-14-26-46)47-27-15-5-16-28-47/h1-42H. The van der Waals surface area contributed by atoms with Gasteiger partial charge in [-0.15, -0.1) is 0 Å². The van der Waals surface area contributed by atoms with Crippen LogP contribution in [-0.4, -0.2) is 9.97 Å². The van der Waals surface area contributed by atoms with Crippen LogP contribution in [0.1, 0.15) is 0 Å². The van der Waals surface area contributed by atoms with E-state index in [0.717, 1.165) is 79.3 Å². The fraction of sp³-hybridized carbons (Fsp3) is 0. The van der Waals surface area contributed by atoms with Crippen molar-refractivity contribution >= 4 is 79.3 Å². The number of hydrogen-bond donors (Lipinski definition) is 0. The van der Waals surface area contributed by atoms with Crippen molar-refractivity contribution in [2.75, 3.05) is 19.6 Å². The van der Waals surface area contributed by atoms with Gasteiger partial charge in [0.05, 0.1) is 11.4 Å². The van der Waals surface area contributed by atoms with E-state index in [1.54, 1.807) is 12.4 Å². The summed E-state index contributed by atoms with van der Waals surface area (Å²) in [5.74, 6) is 0. The Morgan fingerprint density at radius 2 is 0.387 bits per heavy atom. The van der Waals surface area contributed by atoms with Crippen LogP contribution in [-0.2, 0) is 0 Å². The molecule has 0 N–H and O–H groups in total. The van der Waals surface area contributed by atoms with E-state index >= 15 is 0 Å². The molecule has 0 amide bonds. The molecule has 0 radical (unpaired) electrons. The lowest BCUT2D eigenvalue weighted by molar-refractivity contribution is 1.22. The minimum atomic E-state index is 0.792. The largest absolute Gasteiger partial charge is 0.311 e. The second kappa shape index (κ2) is 17.4. The molecular formula is C56H42N6. The second-order valence-electron chi connectivity index (χ2n) is 14.7. The van der Waals surface area contributed by atoms with Gasteiger partial charge in [0.15, 0.2) is 0 Å². The summed E-state index contributed by atoms with van der Waals surface area (Å²) in [4.78, 5) is 19.1. The molecule has 1 aromatic heterocycles. The molecule has 1 heterocycles. The first-order valence-electron chi connectivity index (χ1n) is 20.7. The molecule has 9 aromatic carbocycles. The quantitative estimate of drug-likeness (QED) is 0.123. The Bertz CT molecular complexity index is 2910. The highest BCUT2D eigenvalue weighted by atomic mass is 15.2. The molecule has 6 heteroatoms. The van der Waals surface area contributed by atoms with E-state index in [9.17, 15) is 0 Å². The summed E-state index contributed by atoms with van der Waals surface area (Å²) in [6.45, 7) is 0. The third-order valence-electron chi connectivity index (χ3n) is 10.9. The summed E-state index contributed by atoms with van der Waals surface area (Å²) in [6, 6.07) is 84.7. The Balaban J connectivity index is 1.05. The smallest absolute Gasteiger partial charge is 0.115 e. The van der Waals surface area contributed by atoms with Gasteiger partial charge in [-0.2, -0.15) is 0 Å². The molecule has 0 unspecified atom stereocenters. The van der Waals surface area contributed by atoms with Gasteiger partial charge in [-0.1, -0.05) is 109 Å². The van der Waals surface area contributed by atoms with Gasteiger partial charge >= 0.3 is 0 Å². The highest BCUT2D eigenvalue weighted by molar-refractivity contribution is 6.03. The van der Waals surface area contributed by atoms with Crippen LogP contribution in [0.2, 0.25) is 0 Å². The Morgan fingerprint density at radius 3 is 0.629 bits per heavy atom. The van der Waals surface area contributed by atoms with Crippen molar-refractivity contribution < 1.29 is 0 Å². The van der Waals surface area contributed by atoms with Crippen LogP contribution >= 0.6 is 0 Å². The number of aromatic nitrogens is 2. The topological polar surface area (TPSA) is 38.7 Å². The molecule has 10 rings (SSSR count). The molecule has 0 aliphatic heterocycles. The van der Waals surface area contributed by atoms with Gasteiger partial charge in [0.25, 0.3) is 0 Å². The molecule has 10 aromatic rings. The van der Waals surface area contributed by atoms with E-state index in [2.05, 4.69) is 244 Å². The summed E-state index contributed by atoms with van der Waals surface area (Å²) in [6.07, 6.45) is 3.55. The average Bonchev–Trinajstić information content (AvgIpc) is 3.35. The number of para-hydroxylation sites is 6. The van der Waals surface area contributed by atoms with Crippen molar-refractivity contribution in [2.45, 2.75) is 0 Å². The van der Waals surface area contributed by atoms with E-state index in [1.807, 2.05) is 18.2 Å². The molecule has 0 spiro atoms. The van der Waals surface area contributed by atoms with Crippen molar-refractivity contribution in [3.63, 3.8) is 0 Å². The number of fused-ring (bicyclic) bond motifs is 1. The van der Waals surface area contributed by atoms with E-state index < -0.39 is 0 Å². The number of benzene rings is 9. The molecular weight excluding hydrogens is 757 g/mol. The molecule has 0 aliphatic carbocycles. The summed E-state index contributed by atoms with van der Waals surface area (Å²) in [5.41, 5.74) is 14.0. The first-order chi connectivity index (χ1) is 30.8. The summed E-state index contributed by atoms with van der Waals surface area (Å²) in [7, 11) is 0. The number of nitrogens with zero attached hydrogens (tertiary/aromatic N) is 6. The summed E-state index contributed by atoms with van der Waals surface area (Å²) >= 11 is 0. The fourth-order valence-corrected chi connectivity index (χ4v) is 8.10. The zero-order chi connectivity index (χ0) is 41.5. The molecule has 0 aliphatic rings. The highest BCUT2D eigenvalue weighted by Crippen LogP contribution is 2.45. The van der Waals surface area contributed by atoms with E-state index in [1.165, 1.54) is 0 Å². The lowest BCUT2D eigenvalue weighted by atomic mass is 10.1. The molecule has 0 fully saturated rings. The van der Waals surface area contributed by atoms with Gasteiger partial charge in [-0.25, -0.2) is 0 Å². The zero-order valence-electron chi connectivity index (χ0n) is 33.9. The Kier molecular flexibility index (Phi) is 10.6. The monoisotopic (exact) mass is 798 g/mol. The first-order valence-corrected chi connectivity index (χ1v) is 20.7. The van der Waals surface area contributed by atoms with E-state index in [-0.39, 0.29) is 0 Å². The Hall–Kier alpha value is -8.48. The molecule has 0 saturated carbocycles. The lowest BCUT2D eigenvalue weighted by Gasteiger charge is -2.30. The van der Waals surface area contributed by atoms with Crippen LogP contribution in [0.3, 0.4) is 0 Å². The zero-order valence-corrected chi connectivity index (χ0v) is 33.9. The number of rotatable bonds is 12. The average molecular weight is 799 g/mol. The highest BCUT2D eigenvalue weighted by Gasteiger charge is 2.23. The minimum Gasteiger partial charge on any atom is -0.311 e. The van der Waals surface area contributed by atoms with Gasteiger partial charge in [-0.05, 0) is 133 Å². The lowest BCUT2D eigenvalue weighted by Crippen LogP contribution is -2.14. The third-order valence-corrected chi connectivity index (χ3v) is 10.9. The van der Waals surface area contributed by atoms with Crippen molar-refractivity contribution in [1.82, 2.24) is 9.97 Å². The molecule has 0 bridgehead atoms. The Morgan fingerprint density at radius 1 is 0.194 bits per heavy atom. The maximum Gasteiger partial charge on any atom is 0.115 e. The SMILES string of the molecule is c1ccc(N(c2ccccc2)c2ccc(N(c3ccccc3)c3ccc(N(c4ccccc4)c4ccc(N(c5ccccc5)c5ccccc5)c5nccnc45)cc3)cc2)cc1. The predicted molar refractivity (Wildman–Crippen MR) is 258 cm³/mol. The van der Waals surface area contributed by atoms with Crippen molar-refractivity contribution in [1.29, 1.82) is 0 Å². The van der Waals surface area contributed by atoms with Crippen LogP contribution in [0.5, 0.6) is 0 Å². The first kappa shape index (κ1) is 37.8. The van der Waals surface area contributed by atoms with Gasteiger partial charge in [0, 0.05) is 69.3 Å². The van der Waals surface area contributed by atoms with Crippen LogP contribution in [0.25, 0.3) is 11.0 Å². The van der Waals surface area contributed by atoms with Crippen molar-refractivity contribution in [3.05, 3.63) is 255 Å². The Labute approximate surface area is 362 Å². The van der Waals surface area contributed by atoms with Crippen LogP contribution in [0, 0.1) is 0 Å². The number of anilines is 12. The second-order valence-corrected chi connectivity index (χ2v) is 14.7. The molecule has 62 heavy (non-hydrogen) atoms. The van der Waals surface area contributed by atoms with Crippen LogP contribution in [0.15, 0.2) is 255 Å². The van der Waals surface area contributed by atoms with Gasteiger partial charge in [-0.3, -0.25) is 9.97 Å². The van der Waals surface area contributed by atoms with Crippen molar-refractivity contribution in [3.8, 4) is 0 Å². The normalized spacial score (nSPS) is 10.9. The molecule has 296 valence electrons.